The highest BCUT2D eigenvalue weighted by molar-refractivity contribution is 5.96. The third-order valence-corrected chi connectivity index (χ3v) is 4.04. The maximum Gasteiger partial charge on any atom is 0.345 e. The van der Waals surface area contributed by atoms with Crippen molar-refractivity contribution in [2.45, 2.75) is 5.92 Å². The van der Waals surface area contributed by atoms with E-state index in [0.717, 1.165) is 11.1 Å². The Bertz CT molecular complexity index is 897. The SMILES string of the molecule is O=C(N=CC(c1ccccc1)c1ccccc1)Nc1ccc(C(=O)O)cc1. The molecule has 0 bridgehead atoms. The third kappa shape index (κ3) is 4.89. The molecule has 0 heterocycles. The molecule has 0 aromatic heterocycles. The summed E-state index contributed by atoms with van der Waals surface area (Å²) in [6.45, 7) is 0. The first kappa shape index (κ1) is 18.1. The van der Waals surface area contributed by atoms with Gasteiger partial charge < -0.3 is 10.4 Å². The van der Waals surface area contributed by atoms with Gasteiger partial charge in [0, 0.05) is 17.8 Å². The summed E-state index contributed by atoms with van der Waals surface area (Å²) >= 11 is 0. The predicted octanol–water partition coefficient (Wildman–Crippen LogP) is 4.82. The van der Waals surface area contributed by atoms with Crippen LogP contribution in [0.25, 0.3) is 0 Å². The van der Waals surface area contributed by atoms with E-state index in [0.29, 0.717) is 5.69 Å². The summed E-state index contributed by atoms with van der Waals surface area (Å²) in [5.41, 5.74) is 2.71. The number of carboxylic acids is 1. The summed E-state index contributed by atoms with van der Waals surface area (Å²) in [6.07, 6.45) is 1.62. The standard InChI is InChI=1S/C22H18N2O3/c25-21(26)18-11-13-19(14-12-18)24-22(27)23-15-20(16-7-3-1-4-8-16)17-9-5-2-6-10-17/h1-15,20H,(H,24,27)(H,25,26). The number of hydrogen-bond acceptors (Lipinski definition) is 2. The number of nitrogens with one attached hydrogen (secondary N) is 1. The number of carbonyl (C=O) groups excluding carboxylic acids is 1. The quantitative estimate of drug-likeness (QED) is 0.642. The van der Waals surface area contributed by atoms with Crippen molar-refractivity contribution in [1.29, 1.82) is 0 Å². The van der Waals surface area contributed by atoms with Crippen LogP contribution in [0.5, 0.6) is 0 Å². The van der Waals surface area contributed by atoms with Crippen LogP contribution in [0, 0.1) is 0 Å². The second kappa shape index (κ2) is 8.58. The van der Waals surface area contributed by atoms with Gasteiger partial charge in [-0.1, -0.05) is 60.7 Å². The van der Waals surface area contributed by atoms with Crippen LogP contribution in [0.2, 0.25) is 0 Å². The molecule has 3 aromatic carbocycles. The Morgan fingerprint density at radius 2 is 1.33 bits per heavy atom. The lowest BCUT2D eigenvalue weighted by molar-refractivity contribution is 0.0697. The normalized spacial score (nSPS) is 10.9. The number of hydrogen-bond donors (Lipinski definition) is 2. The Morgan fingerprint density at radius 3 is 1.81 bits per heavy atom. The fraction of sp³-hybridized carbons (Fsp3) is 0.0455. The molecule has 2 amide bonds. The molecule has 0 atom stereocenters. The fourth-order valence-electron chi connectivity index (χ4n) is 2.68. The zero-order valence-corrected chi connectivity index (χ0v) is 14.4. The summed E-state index contributed by atoms with van der Waals surface area (Å²) in [6, 6.07) is 25.0. The van der Waals surface area contributed by atoms with Crippen molar-refractivity contribution in [3.63, 3.8) is 0 Å². The first-order valence-electron chi connectivity index (χ1n) is 8.42. The minimum atomic E-state index is -1.01. The van der Waals surface area contributed by atoms with E-state index in [1.165, 1.54) is 24.3 Å². The summed E-state index contributed by atoms with van der Waals surface area (Å²) < 4.78 is 0. The Labute approximate surface area is 157 Å². The van der Waals surface area contributed by atoms with Crippen LogP contribution in [-0.4, -0.2) is 23.3 Å². The van der Waals surface area contributed by atoms with Crippen LogP contribution in [0.3, 0.4) is 0 Å². The second-order valence-corrected chi connectivity index (χ2v) is 5.89. The number of aromatic carboxylic acids is 1. The van der Waals surface area contributed by atoms with Crippen molar-refractivity contribution >= 4 is 23.9 Å². The van der Waals surface area contributed by atoms with Crippen molar-refractivity contribution in [1.82, 2.24) is 0 Å². The zero-order valence-electron chi connectivity index (χ0n) is 14.4. The van der Waals surface area contributed by atoms with Crippen molar-refractivity contribution in [3.8, 4) is 0 Å². The number of carboxylic acid groups (broad SMARTS) is 1. The van der Waals surface area contributed by atoms with Crippen LogP contribution < -0.4 is 5.32 Å². The minimum Gasteiger partial charge on any atom is -0.478 e. The van der Waals surface area contributed by atoms with Gasteiger partial charge in [-0.05, 0) is 35.4 Å². The highest BCUT2D eigenvalue weighted by atomic mass is 16.4. The molecule has 27 heavy (non-hydrogen) atoms. The summed E-state index contributed by atoms with van der Waals surface area (Å²) in [4.78, 5) is 27.1. The number of benzene rings is 3. The molecule has 0 radical (unpaired) electrons. The number of aliphatic imine (C=N–C) groups is 1. The molecule has 0 fully saturated rings. The molecule has 0 saturated heterocycles. The largest absolute Gasteiger partial charge is 0.478 e. The first-order chi connectivity index (χ1) is 13.1. The molecule has 3 rings (SSSR count). The van der Waals surface area contributed by atoms with Gasteiger partial charge in [-0.3, -0.25) is 0 Å². The fourth-order valence-corrected chi connectivity index (χ4v) is 2.68. The van der Waals surface area contributed by atoms with Gasteiger partial charge >= 0.3 is 12.0 Å². The molecule has 2 N–H and O–H groups in total. The molecule has 3 aromatic rings. The Balaban J connectivity index is 1.76. The van der Waals surface area contributed by atoms with Gasteiger partial charge in [0.15, 0.2) is 0 Å². The summed E-state index contributed by atoms with van der Waals surface area (Å²) in [5.74, 6) is -1.16. The van der Waals surface area contributed by atoms with E-state index in [1.807, 2.05) is 60.7 Å². The third-order valence-electron chi connectivity index (χ3n) is 4.04. The highest BCUT2D eigenvalue weighted by Gasteiger charge is 2.12. The lowest BCUT2D eigenvalue weighted by atomic mass is 9.92. The van der Waals surface area contributed by atoms with Crippen molar-refractivity contribution in [2.75, 3.05) is 5.32 Å². The number of nitrogens with zero attached hydrogens (tertiary/aromatic N) is 1. The van der Waals surface area contributed by atoms with Crippen LogP contribution in [0.1, 0.15) is 27.4 Å². The molecular weight excluding hydrogens is 340 g/mol. The van der Waals surface area contributed by atoms with Gasteiger partial charge in [0.2, 0.25) is 0 Å². The summed E-state index contributed by atoms with van der Waals surface area (Å²) in [7, 11) is 0. The Hall–Kier alpha value is -3.73. The average molecular weight is 358 g/mol. The molecule has 0 aliphatic carbocycles. The number of urea groups is 1. The van der Waals surface area contributed by atoms with E-state index in [4.69, 9.17) is 5.11 Å². The second-order valence-electron chi connectivity index (χ2n) is 5.89. The maximum absolute atomic E-state index is 12.2. The van der Waals surface area contributed by atoms with Crippen LogP contribution in [0.15, 0.2) is 89.9 Å². The number of carbonyl (C=O) groups is 2. The van der Waals surface area contributed by atoms with E-state index in [2.05, 4.69) is 10.3 Å². The van der Waals surface area contributed by atoms with Crippen molar-refractivity contribution in [3.05, 3.63) is 102 Å². The van der Waals surface area contributed by atoms with E-state index < -0.39 is 12.0 Å². The van der Waals surface area contributed by atoms with E-state index in [1.54, 1.807) is 6.21 Å². The Morgan fingerprint density at radius 1 is 0.815 bits per heavy atom. The van der Waals surface area contributed by atoms with Crippen LogP contribution in [0.4, 0.5) is 10.5 Å². The number of anilines is 1. The molecule has 5 heteroatoms. The molecule has 134 valence electrons. The molecule has 0 unspecified atom stereocenters. The lowest BCUT2D eigenvalue weighted by Crippen LogP contribution is -2.10. The maximum atomic E-state index is 12.2. The average Bonchev–Trinajstić information content (AvgIpc) is 2.70. The van der Waals surface area contributed by atoms with E-state index in [9.17, 15) is 9.59 Å². The topological polar surface area (TPSA) is 78.8 Å². The van der Waals surface area contributed by atoms with E-state index >= 15 is 0 Å². The van der Waals surface area contributed by atoms with Gasteiger partial charge in [0.25, 0.3) is 0 Å². The van der Waals surface area contributed by atoms with Crippen LogP contribution >= 0.6 is 0 Å². The highest BCUT2D eigenvalue weighted by Crippen LogP contribution is 2.22. The molecule has 0 aliphatic heterocycles. The molecule has 0 aliphatic rings. The summed E-state index contributed by atoms with van der Waals surface area (Å²) in [5, 5.41) is 11.5. The molecule has 0 spiro atoms. The predicted molar refractivity (Wildman–Crippen MR) is 106 cm³/mol. The zero-order chi connectivity index (χ0) is 19.1. The number of amides is 2. The Kier molecular flexibility index (Phi) is 5.74. The molecule has 5 nitrogen and oxygen atoms in total. The molecule has 0 saturated carbocycles. The van der Waals surface area contributed by atoms with Crippen molar-refractivity contribution in [2.24, 2.45) is 4.99 Å². The van der Waals surface area contributed by atoms with Crippen LogP contribution in [-0.2, 0) is 0 Å². The lowest BCUT2D eigenvalue weighted by Gasteiger charge is -2.13. The van der Waals surface area contributed by atoms with Gasteiger partial charge in [-0.2, -0.15) is 0 Å². The van der Waals surface area contributed by atoms with Gasteiger partial charge in [0.05, 0.1) is 5.56 Å². The number of rotatable bonds is 5. The minimum absolute atomic E-state index is 0.146. The van der Waals surface area contributed by atoms with Gasteiger partial charge in [0.1, 0.15) is 0 Å². The van der Waals surface area contributed by atoms with E-state index in [-0.39, 0.29) is 11.5 Å². The first-order valence-corrected chi connectivity index (χ1v) is 8.42. The van der Waals surface area contributed by atoms with Gasteiger partial charge in [-0.15, -0.1) is 0 Å². The monoisotopic (exact) mass is 358 g/mol. The van der Waals surface area contributed by atoms with Gasteiger partial charge in [-0.25, -0.2) is 14.6 Å². The van der Waals surface area contributed by atoms with Crippen molar-refractivity contribution < 1.29 is 14.7 Å². The molecular formula is C22H18N2O3. The smallest absolute Gasteiger partial charge is 0.345 e.